The Morgan fingerprint density at radius 3 is 2.90 bits per heavy atom. The van der Waals surface area contributed by atoms with E-state index in [-0.39, 0.29) is 0 Å². The van der Waals surface area contributed by atoms with Gasteiger partial charge in [-0.15, -0.1) is 0 Å². The number of benzene rings is 1. The lowest BCUT2D eigenvalue weighted by Crippen LogP contribution is -2.16. The summed E-state index contributed by atoms with van der Waals surface area (Å²) in [5.74, 6) is 1.75. The number of nitrogens with one attached hydrogen (secondary N) is 1. The summed E-state index contributed by atoms with van der Waals surface area (Å²) in [6.45, 7) is 1.33. The summed E-state index contributed by atoms with van der Waals surface area (Å²) in [7, 11) is 1.68. The maximum atomic E-state index is 5.94. The molecule has 21 heavy (non-hydrogen) atoms. The van der Waals surface area contributed by atoms with Crippen LogP contribution < -0.4 is 14.8 Å². The molecule has 0 spiro atoms. The quantitative estimate of drug-likeness (QED) is 0.849. The van der Waals surface area contributed by atoms with Gasteiger partial charge in [0.25, 0.3) is 0 Å². The molecule has 0 saturated heterocycles. The molecule has 0 aliphatic heterocycles. The summed E-state index contributed by atoms with van der Waals surface area (Å²) in [6.07, 6.45) is 6.14. The van der Waals surface area contributed by atoms with Crippen molar-refractivity contribution in [2.45, 2.75) is 32.0 Å². The number of hydrogen-bond donors (Lipinski definition) is 1. The zero-order valence-electron chi connectivity index (χ0n) is 12.2. The Kier molecular flexibility index (Phi) is 4.36. The SMILES string of the molecule is COc1ccc(OCc2cccnc2)c(CNC2CC2)c1. The average molecular weight is 284 g/mol. The van der Waals surface area contributed by atoms with Gasteiger partial charge in [-0.3, -0.25) is 4.98 Å². The Hall–Kier alpha value is -2.07. The van der Waals surface area contributed by atoms with Gasteiger partial charge in [-0.25, -0.2) is 0 Å². The summed E-state index contributed by atoms with van der Waals surface area (Å²) in [5.41, 5.74) is 2.19. The molecule has 0 unspecified atom stereocenters. The number of rotatable bonds is 7. The summed E-state index contributed by atoms with van der Waals surface area (Å²) < 4.78 is 11.2. The average Bonchev–Trinajstić information content (AvgIpc) is 3.36. The molecule has 1 aromatic carbocycles. The maximum absolute atomic E-state index is 5.94. The summed E-state index contributed by atoms with van der Waals surface area (Å²) in [6, 6.07) is 10.5. The van der Waals surface area contributed by atoms with Gasteiger partial charge >= 0.3 is 0 Å². The van der Waals surface area contributed by atoms with E-state index >= 15 is 0 Å². The third-order valence-corrected chi connectivity index (χ3v) is 3.54. The summed E-state index contributed by atoms with van der Waals surface area (Å²) >= 11 is 0. The highest BCUT2D eigenvalue weighted by molar-refractivity contribution is 5.40. The fraction of sp³-hybridized carbons (Fsp3) is 0.353. The Morgan fingerprint density at radius 2 is 2.19 bits per heavy atom. The molecule has 4 nitrogen and oxygen atoms in total. The van der Waals surface area contributed by atoms with Crippen molar-refractivity contribution in [1.82, 2.24) is 10.3 Å². The Balaban J connectivity index is 1.69. The van der Waals surface area contributed by atoms with Crippen LogP contribution in [-0.4, -0.2) is 18.1 Å². The minimum Gasteiger partial charge on any atom is -0.497 e. The van der Waals surface area contributed by atoms with Crippen molar-refractivity contribution in [2.24, 2.45) is 0 Å². The highest BCUT2D eigenvalue weighted by Gasteiger charge is 2.20. The molecule has 0 radical (unpaired) electrons. The Bertz CT molecular complexity index is 583. The van der Waals surface area contributed by atoms with Crippen molar-refractivity contribution in [2.75, 3.05) is 7.11 Å². The number of nitrogens with zero attached hydrogens (tertiary/aromatic N) is 1. The van der Waals surface area contributed by atoms with E-state index in [1.165, 1.54) is 12.8 Å². The molecule has 3 rings (SSSR count). The van der Waals surface area contributed by atoms with Crippen LogP contribution in [0.5, 0.6) is 11.5 Å². The van der Waals surface area contributed by atoms with Gasteiger partial charge in [0.1, 0.15) is 18.1 Å². The minimum atomic E-state index is 0.524. The second-order valence-corrected chi connectivity index (χ2v) is 5.28. The normalized spacial score (nSPS) is 14.0. The molecule has 1 aliphatic carbocycles. The first kappa shape index (κ1) is 13.9. The van der Waals surface area contributed by atoms with Crippen LogP contribution in [0.3, 0.4) is 0 Å². The van der Waals surface area contributed by atoms with Crippen molar-refractivity contribution in [3.63, 3.8) is 0 Å². The maximum Gasteiger partial charge on any atom is 0.124 e. The molecule has 110 valence electrons. The van der Waals surface area contributed by atoms with Crippen LogP contribution >= 0.6 is 0 Å². The van der Waals surface area contributed by atoms with Crippen LogP contribution in [0.4, 0.5) is 0 Å². The number of aromatic nitrogens is 1. The predicted octanol–water partition coefficient (Wildman–Crippen LogP) is 2.92. The highest BCUT2D eigenvalue weighted by Crippen LogP contribution is 2.26. The van der Waals surface area contributed by atoms with Gasteiger partial charge in [-0.1, -0.05) is 6.07 Å². The zero-order chi connectivity index (χ0) is 14.5. The molecule has 1 heterocycles. The van der Waals surface area contributed by atoms with E-state index in [1.54, 1.807) is 13.3 Å². The lowest BCUT2D eigenvalue weighted by Gasteiger charge is -2.13. The molecule has 1 N–H and O–H groups in total. The topological polar surface area (TPSA) is 43.4 Å². The third kappa shape index (κ3) is 3.95. The summed E-state index contributed by atoms with van der Waals surface area (Å²) in [4.78, 5) is 4.10. The summed E-state index contributed by atoms with van der Waals surface area (Å²) in [5, 5.41) is 3.51. The zero-order valence-corrected chi connectivity index (χ0v) is 12.2. The molecular weight excluding hydrogens is 264 g/mol. The Morgan fingerprint density at radius 1 is 1.29 bits per heavy atom. The van der Waals surface area contributed by atoms with E-state index in [0.29, 0.717) is 12.6 Å². The van der Waals surface area contributed by atoms with Crippen LogP contribution in [0.25, 0.3) is 0 Å². The molecule has 0 bridgehead atoms. The number of hydrogen-bond acceptors (Lipinski definition) is 4. The van der Waals surface area contributed by atoms with E-state index in [4.69, 9.17) is 9.47 Å². The van der Waals surface area contributed by atoms with Crippen molar-refractivity contribution < 1.29 is 9.47 Å². The van der Waals surface area contributed by atoms with Gasteiger partial charge in [0.15, 0.2) is 0 Å². The lowest BCUT2D eigenvalue weighted by atomic mass is 10.2. The van der Waals surface area contributed by atoms with E-state index in [0.717, 1.165) is 29.2 Å². The van der Waals surface area contributed by atoms with E-state index < -0.39 is 0 Å². The predicted molar refractivity (Wildman–Crippen MR) is 81.4 cm³/mol. The molecule has 1 saturated carbocycles. The number of pyridine rings is 1. The van der Waals surface area contributed by atoms with Crippen molar-refractivity contribution in [3.8, 4) is 11.5 Å². The second-order valence-electron chi connectivity index (χ2n) is 5.28. The molecule has 2 aromatic rings. The standard InChI is InChI=1S/C17H20N2O2/c1-20-16-6-7-17(14(9-16)11-19-15-4-5-15)21-12-13-3-2-8-18-10-13/h2-3,6-10,15,19H,4-5,11-12H2,1H3. The van der Waals surface area contributed by atoms with E-state index in [9.17, 15) is 0 Å². The van der Waals surface area contributed by atoms with Gasteiger partial charge < -0.3 is 14.8 Å². The van der Waals surface area contributed by atoms with E-state index in [1.807, 2.05) is 36.5 Å². The van der Waals surface area contributed by atoms with Crippen LogP contribution in [0.1, 0.15) is 24.0 Å². The van der Waals surface area contributed by atoms with Gasteiger partial charge in [-0.05, 0) is 37.1 Å². The Labute approximate surface area is 125 Å². The lowest BCUT2D eigenvalue weighted by molar-refractivity contribution is 0.300. The largest absolute Gasteiger partial charge is 0.497 e. The molecule has 0 atom stereocenters. The van der Waals surface area contributed by atoms with Crippen LogP contribution in [-0.2, 0) is 13.2 Å². The number of ether oxygens (including phenoxy) is 2. The smallest absolute Gasteiger partial charge is 0.124 e. The molecule has 0 amide bonds. The van der Waals surface area contributed by atoms with Gasteiger partial charge in [0.05, 0.1) is 7.11 Å². The monoisotopic (exact) mass is 284 g/mol. The van der Waals surface area contributed by atoms with Gasteiger partial charge in [0, 0.05) is 36.1 Å². The van der Waals surface area contributed by atoms with E-state index in [2.05, 4.69) is 10.3 Å². The molecular formula is C17H20N2O2. The van der Waals surface area contributed by atoms with Crippen LogP contribution in [0.15, 0.2) is 42.7 Å². The van der Waals surface area contributed by atoms with Gasteiger partial charge in [0.2, 0.25) is 0 Å². The molecule has 1 aromatic heterocycles. The highest BCUT2D eigenvalue weighted by atomic mass is 16.5. The first-order chi connectivity index (χ1) is 10.3. The first-order valence-corrected chi connectivity index (χ1v) is 7.27. The van der Waals surface area contributed by atoms with Gasteiger partial charge in [-0.2, -0.15) is 0 Å². The van der Waals surface area contributed by atoms with Crippen LogP contribution in [0, 0.1) is 0 Å². The fourth-order valence-corrected chi connectivity index (χ4v) is 2.15. The molecule has 1 fully saturated rings. The molecule has 4 heteroatoms. The molecule has 1 aliphatic rings. The minimum absolute atomic E-state index is 0.524. The first-order valence-electron chi connectivity index (χ1n) is 7.27. The van der Waals surface area contributed by atoms with Crippen molar-refractivity contribution in [1.29, 1.82) is 0 Å². The number of methoxy groups -OCH3 is 1. The second kappa shape index (κ2) is 6.59. The van der Waals surface area contributed by atoms with Crippen molar-refractivity contribution >= 4 is 0 Å². The van der Waals surface area contributed by atoms with Crippen LogP contribution in [0.2, 0.25) is 0 Å². The third-order valence-electron chi connectivity index (χ3n) is 3.54. The fourth-order valence-electron chi connectivity index (χ4n) is 2.15. The van der Waals surface area contributed by atoms with Crippen molar-refractivity contribution in [3.05, 3.63) is 53.9 Å².